The number of hydrogen-bond donors (Lipinski definition) is 1. The number of rotatable bonds is 1. The smallest absolute Gasteiger partial charge is 0.262 e. The Labute approximate surface area is 124 Å². The molecule has 4 nitrogen and oxygen atoms in total. The zero-order valence-electron chi connectivity index (χ0n) is 12.2. The SMILES string of the molecule is O=C1c2ccccc2C(=O)N1[C@@H]1CCC[NH+]2CCCC[C@H]12. The first-order valence-electron chi connectivity index (χ1n) is 8.09. The average Bonchev–Trinajstić information content (AvgIpc) is 2.79. The maximum Gasteiger partial charge on any atom is 0.262 e. The summed E-state index contributed by atoms with van der Waals surface area (Å²) in [4.78, 5) is 28.5. The normalized spacial score (nSPS) is 32.0. The number of carbonyl (C=O) groups is 2. The van der Waals surface area contributed by atoms with Crippen LogP contribution in [0.25, 0.3) is 0 Å². The average molecular weight is 285 g/mol. The Kier molecular flexibility index (Phi) is 3.07. The lowest BCUT2D eigenvalue weighted by Gasteiger charge is -2.43. The van der Waals surface area contributed by atoms with Crippen molar-refractivity contribution in [2.45, 2.75) is 44.2 Å². The van der Waals surface area contributed by atoms with Crippen LogP contribution in [0.4, 0.5) is 0 Å². The Bertz CT molecular complexity index is 561. The Morgan fingerprint density at radius 3 is 2.29 bits per heavy atom. The summed E-state index contributed by atoms with van der Waals surface area (Å²) in [6.45, 7) is 2.40. The number of hydrogen-bond acceptors (Lipinski definition) is 2. The molecule has 3 aliphatic rings. The van der Waals surface area contributed by atoms with Crippen LogP contribution in [0.2, 0.25) is 0 Å². The number of benzene rings is 1. The Hall–Kier alpha value is -1.68. The first kappa shape index (κ1) is 13.0. The van der Waals surface area contributed by atoms with Gasteiger partial charge in [-0.1, -0.05) is 12.1 Å². The maximum absolute atomic E-state index is 12.7. The summed E-state index contributed by atoms with van der Waals surface area (Å²) in [5.74, 6) is -0.153. The molecule has 2 amide bonds. The van der Waals surface area contributed by atoms with Crippen LogP contribution >= 0.6 is 0 Å². The van der Waals surface area contributed by atoms with E-state index in [1.807, 2.05) is 12.1 Å². The molecule has 3 atom stereocenters. The van der Waals surface area contributed by atoms with Crippen LogP contribution in [-0.4, -0.2) is 41.9 Å². The minimum atomic E-state index is -0.0765. The van der Waals surface area contributed by atoms with Crippen LogP contribution in [0.3, 0.4) is 0 Å². The molecule has 1 aromatic rings. The molecule has 2 saturated heterocycles. The molecule has 3 aliphatic heterocycles. The first-order valence-corrected chi connectivity index (χ1v) is 8.09. The second-order valence-corrected chi connectivity index (χ2v) is 6.50. The summed E-state index contributed by atoms with van der Waals surface area (Å²) in [5, 5.41) is 0. The van der Waals surface area contributed by atoms with Gasteiger partial charge in [-0.25, -0.2) is 0 Å². The molecule has 0 aliphatic carbocycles. The number of nitrogens with zero attached hydrogens (tertiary/aromatic N) is 1. The fraction of sp³-hybridized carbons (Fsp3) is 0.529. The van der Waals surface area contributed by atoms with Gasteiger partial charge in [-0.2, -0.15) is 0 Å². The highest BCUT2D eigenvalue weighted by atomic mass is 16.2. The van der Waals surface area contributed by atoms with E-state index in [0.29, 0.717) is 17.2 Å². The Balaban J connectivity index is 1.67. The van der Waals surface area contributed by atoms with Crippen LogP contribution in [0.15, 0.2) is 24.3 Å². The van der Waals surface area contributed by atoms with Crippen LogP contribution < -0.4 is 4.90 Å². The van der Waals surface area contributed by atoms with Gasteiger partial charge in [0.05, 0.1) is 30.3 Å². The summed E-state index contributed by atoms with van der Waals surface area (Å²) in [7, 11) is 0. The van der Waals surface area contributed by atoms with E-state index in [1.54, 1.807) is 21.9 Å². The number of imide groups is 1. The monoisotopic (exact) mass is 285 g/mol. The van der Waals surface area contributed by atoms with E-state index < -0.39 is 0 Å². The molecule has 1 unspecified atom stereocenters. The molecular formula is C17H21N2O2+. The van der Waals surface area contributed by atoms with E-state index in [2.05, 4.69) is 0 Å². The molecule has 0 bridgehead atoms. The molecule has 0 radical (unpaired) electrons. The van der Waals surface area contributed by atoms with Gasteiger partial charge in [-0.15, -0.1) is 0 Å². The van der Waals surface area contributed by atoms with Gasteiger partial charge in [-0.05, 0) is 37.8 Å². The number of piperidine rings is 2. The van der Waals surface area contributed by atoms with Gasteiger partial charge in [0.25, 0.3) is 11.8 Å². The van der Waals surface area contributed by atoms with Crippen LogP contribution in [0.1, 0.15) is 52.8 Å². The van der Waals surface area contributed by atoms with E-state index in [9.17, 15) is 9.59 Å². The van der Waals surface area contributed by atoms with Crippen LogP contribution in [-0.2, 0) is 0 Å². The van der Waals surface area contributed by atoms with Crippen LogP contribution in [0.5, 0.6) is 0 Å². The van der Waals surface area contributed by atoms with Crippen molar-refractivity contribution < 1.29 is 14.5 Å². The van der Waals surface area contributed by atoms with Crippen LogP contribution in [0, 0.1) is 0 Å². The highest BCUT2D eigenvalue weighted by Gasteiger charge is 2.47. The minimum Gasteiger partial charge on any atom is -0.331 e. The van der Waals surface area contributed by atoms with Gasteiger partial charge >= 0.3 is 0 Å². The van der Waals surface area contributed by atoms with E-state index in [-0.39, 0.29) is 17.9 Å². The van der Waals surface area contributed by atoms with Gasteiger partial charge < -0.3 is 4.90 Å². The molecule has 1 N–H and O–H groups in total. The highest BCUT2D eigenvalue weighted by molar-refractivity contribution is 6.21. The van der Waals surface area contributed by atoms with Crippen molar-refractivity contribution in [2.24, 2.45) is 0 Å². The zero-order chi connectivity index (χ0) is 14.4. The van der Waals surface area contributed by atoms with E-state index in [0.717, 1.165) is 19.3 Å². The van der Waals surface area contributed by atoms with Gasteiger partial charge in [0.2, 0.25) is 0 Å². The quantitative estimate of drug-likeness (QED) is 0.778. The molecule has 4 heteroatoms. The lowest BCUT2D eigenvalue weighted by Crippen LogP contribution is -3.19. The molecule has 0 saturated carbocycles. The van der Waals surface area contributed by atoms with Gasteiger partial charge in [0.1, 0.15) is 6.04 Å². The zero-order valence-corrected chi connectivity index (χ0v) is 12.2. The Morgan fingerprint density at radius 2 is 1.57 bits per heavy atom. The summed E-state index contributed by atoms with van der Waals surface area (Å²) in [6, 6.07) is 7.79. The summed E-state index contributed by atoms with van der Waals surface area (Å²) >= 11 is 0. The molecule has 3 heterocycles. The highest BCUT2D eigenvalue weighted by Crippen LogP contribution is 2.29. The largest absolute Gasteiger partial charge is 0.331 e. The molecule has 2 fully saturated rings. The van der Waals surface area contributed by atoms with E-state index in [1.165, 1.54) is 25.9 Å². The third kappa shape index (κ3) is 1.93. The number of amides is 2. The van der Waals surface area contributed by atoms with Crippen molar-refractivity contribution in [2.75, 3.05) is 13.1 Å². The third-order valence-electron chi connectivity index (χ3n) is 5.41. The number of carbonyl (C=O) groups excluding carboxylic acids is 2. The van der Waals surface area contributed by atoms with Crippen molar-refractivity contribution in [1.29, 1.82) is 0 Å². The predicted octanol–water partition coefficient (Wildman–Crippen LogP) is 0.882. The fourth-order valence-electron chi connectivity index (χ4n) is 4.44. The summed E-state index contributed by atoms with van der Waals surface area (Å²) in [5.41, 5.74) is 1.18. The number of quaternary nitrogens is 1. The number of fused-ring (bicyclic) bond motifs is 2. The van der Waals surface area contributed by atoms with Crippen molar-refractivity contribution >= 4 is 11.8 Å². The van der Waals surface area contributed by atoms with E-state index >= 15 is 0 Å². The molecule has 4 rings (SSSR count). The lowest BCUT2D eigenvalue weighted by atomic mass is 9.88. The standard InChI is InChI=1S/C17H20N2O2/c20-16-12-6-1-2-7-13(12)17(21)19(16)15-9-5-11-18-10-4-3-8-14(15)18/h1-2,6-7,14-15H,3-5,8-11H2/p+1/t14-,15-/m1/s1. The molecule has 1 aromatic carbocycles. The maximum atomic E-state index is 12.7. The van der Waals surface area contributed by atoms with Crippen molar-refractivity contribution in [3.05, 3.63) is 35.4 Å². The second kappa shape index (κ2) is 4.95. The van der Waals surface area contributed by atoms with Gasteiger partial charge in [-0.3, -0.25) is 14.5 Å². The van der Waals surface area contributed by atoms with Gasteiger partial charge in [0, 0.05) is 6.42 Å². The molecule has 0 aromatic heterocycles. The summed E-state index contributed by atoms with van der Waals surface area (Å²) < 4.78 is 0. The predicted molar refractivity (Wildman–Crippen MR) is 78.3 cm³/mol. The number of nitrogens with one attached hydrogen (secondary N) is 1. The second-order valence-electron chi connectivity index (χ2n) is 6.50. The molecule has 110 valence electrons. The fourth-order valence-corrected chi connectivity index (χ4v) is 4.44. The van der Waals surface area contributed by atoms with Crippen molar-refractivity contribution in [3.63, 3.8) is 0 Å². The third-order valence-corrected chi connectivity index (χ3v) is 5.41. The minimum absolute atomic E-state index is 0.0765. The molecule has 0 spiro atoms. The summed E-state index contributed by atoms with van der Waals surface area (Å²) in [6.07, 6.45) is 5.74. The van der Waals surface area contributed by atoms with Crippen molar-refractivity contribution in [3.8, 4) is 0 Å². The molecule has 21 heavy (non-hydrogen) atoms. The van der Waals surface area contributed by atoms with E-state index in [4.69, 9.17) is 0 Å². The topological polar surface area (TPSA) is 41.8 Å². The van der Waals surface area contributed by atoms with Crippen molar-refractivity contribution in [1.82, 2.24) is 4.90 Å². The lowest BCUT2D eigenvalue weighted by molar-refractivity contribution is -0.937. The first-order chi connectivity index (χ1) is 10.3. The van der Waals surface area contributed by atoms with Gasteiger partial charge in [0.15, 0.2) is 0 Å². The Morgan fingerprint density at radius 1 is 0.905 bits per heavy atom. The molecular weight excluding hydrogens is 264 g/mol.